The average Bonchev–Trinajstić information content (AvgIpc) is 3.00. The number of amides is 1. The Morgan fingerprint density at radius 3 is 2.63 bits per heavy atom. The molecule has 1 fully saturated rings. The number of pyridine rings is 1. The van der Waals surface area contributed by atoms with Crippen molar-refractivity contribution in [2.75, 3.05) is 0 Å². The molecule has 27 heavy (non-hydrogen) atoms. The molecule has 2 atom stereocenters. The molecule has 1 aromatic heterocycles. The zero-order chi connectivity index (χ0) is 17.6. The van der Waals surface area contributed by atoms with Crippen LogP contribution in [0.4, 0.5) is 4.39 Å². The number of rotatable bonds is 6. The fraction of sp³-hybridized carbons (Fsp3) is 0.368. The van der Waals surface area contributed by atoms with Gasteiger partial charge in [-0.15, -0.1) is 24.8 Å². The van der Waals surface area contributed by atoms with Crippen LogP contribution in [0.2, 0.25) is 0 Å². The van der Waals surface area contributed by atoms with E-state index in [0.29, 0.717) is 24.6 Å². The summed E-state index contributed by atoms with van der Waals surface area (Å²) in [6.45, 7) is 0.406. The van der Waals surface area contributed by atoms with E-state index in [1.54, 1.807) is 12.3 Å². The van der Waals surface area contributed by atoms with E-state index in [4.69, 9.17) is 10.5 Å². The first kappa shape index (κ1) is 23.1. The Balaban J connectivity index is 0.00000182. The number of hydrogen-bond donors (Lipinski definition) is 2. The number of carbonyl (C=O) groups excluding carboxylic acids is 1. The Morgan fingerprint density at radius 1 is 1.22 bits per heavy atom. The molecular formula is C19H24Cl2FN3O2. The van der Waals surface area contributed by atoms with Gasteiger partial charge in [-0.3, -0.25) is 4.79 Å². The molecule has 148 valence electrons. The molecule has 2 aromatic rings. The maximum Gasteiger partial charge on any atom is 0.220 e. The van der Waals surface area contributed by atoms with Crippen LogP contribution in [0.15, 0.2) is 42.6 Å². The molecule has 1 aliphatic rings. The van der Waals surface area contributed by atoms with E-state index in [1.165, 1.54) is 24.3 Å². The summed E-state index contributed by atoms with van der Waals surface area (Å²) < 4.78 is 18.5. The van der Waals surface area contributed by atoms with Crippen LogP contribution in [0.5, 0.6) is 11.6 Å². The zero-order valence-electron chi connectivity index (χ0n) is 14.8. The van der Waals surface area contributed by atoms with Crippen molar-refractivity contribution < 1.29 is 13.9 Å². The second-order valence-corrected chi connectivity index (χ2v) is 6.39. The first-order valence-electron chi connectivity index (χ1n) is 8.51. The molecular weight excluding hydrogens is 392 g/mol. The number of halogens is 3. The van der Waals surface area contributed by atoms with Crippen LogP contribution in [0, 0.1) is 11.7 Å². The van der Waals surface area contributed by atoms with E-state index >= 15 is 0 Å². The van der Waals surface area contributed by atoms with Gasteiger partial charge in [-0.05, 0) is 54.7 Å². The number of nitrogens with zero attached hydrogens (tertiary/aromatic N) is 1. The summed E-state index contributed by atoms with van der Waals surface area (Å²) in [4.78, 5) is 16.2. The summed E-state index contributed by atoms with van der Waals surface area (Å²) in [5.41, 5.74) is 6.89. The normalized spacial score (nSPS) is 18.1. The van der Waals surface area contributed by atoms with Crippen molar-refractivity contribution >= 4 is 30.7 Å². The van der Waals surface area contributed by atoms with E-state index in [0.717, 1.165) is 24.8 Å². The van der Waals surface area contributed by atoms with E-state index in [-0.39, 0.29) is 48.5 Å². The largest absolute Gasteiger partial charge is 0.439 e. The number of nitrogens with one attached hydrogen (secondary N) is 1. The van der Waals surface area contributed by atoms with E-state index in [1.807, 2.05) is 6.07 Å². The van der Waals surface area contributed by atoms with E-state index in [9.17, 15) is 9.18 Å². The van der Waals surface area contributed by atoms with Gasteiger partial charge in [0.1, 0.15) is 11.6 Å². The minimum Gasteiger partial charge on any atom is -0.439 e. The van der Waals surface area contributed by atoms with Gasteiger partial charge in [0.25, 0.3) is 0 Å². The topological polar surface area (TPSA) is 77.2 Å². The zero-order valence-corrected chi connectivity index (χ0v) is 16.4. The molecule has 0 radical (unpaired) electrons. The van der Waals surface area contributed by atoms with Crippen LogP contribution in [0.25, 0.3) is 0 Å². The van der Waals surface area contributed by atoms with Crippen molar-refractivity contribution in [2.45, 2.75) is 38.3 Å². The predicted octanol–water partition coefficient (Wildman–Crippen LogP) is 3.99. The van der Waals surface area contributed by atoms with Crippen molar-refractivity contribution in [2.24, 2.45) is 11.7 Å². The Labute approximate surface area is 170 Å². The lowest BCUT2D eigenvalue weighted by molar-refractivity contribution is -0.122. The maximum absolute atomic E-state index is 12.9. The van der Waals surface area contributed by atoms with Gasteiger partial charge in [-0.1, -0.05) is 6.42 Å². The third kappa shape index (κ3) is 6.97. The third-order valence-electron chi connectivity index (χ3n) is 4.49. The van der Waals surface area contributed by atoms with Crippen LogP contribution in [0.1, 0.15) is 31.2 Å². The Morgan fingerprint density at radius 2 is 1.96 bits per heavy atom. The Hall–Kier alpha value is -1.89. The fourth-order valence-corrected chi connectivity index (χ4v) is 3.07. The van der Waals surface area contributed by atoms with Gasteiger partial charge >= 0.3 is 0 Å². The molecule has 0 aliphatic heterocycles. The maximum atomic E-state index is 12.9. The molecule has 1 saturated carbocycles. The smallest absolute Gasteiger partial charge is 0.220 e. The van der Waals surface area contributed by atoms with Gasteiger partial charge in [0, 0.05) is 31.3 Å². The SMILES string of the molecule is Cl.Cl.N[C@@H]1CCC[C@H]1CC(=O)NCc1ccnc(Oc2ccc(F)cc2)c1. The number of hydrogen-bond acceptors (Lipinski definition) is 4. The summed E-state index contributed by atoms with van der Waals surface area (Å²) >= 11 is 0. The predicted molar refractivity (Wildman–Crippen MR) is 107 cm³/mol. The quantitative estimate of drug-likeness (QED) is 0.747. The van der Waals surface area contributed by atoms with Crippen molar-refractivity contribution in [1.82, 2.24) is 10.3 Å². The van der Waals surface area contributed by atoms with Crippen molar-refractivity contribution in [3.8, 4) is 11.6 Å². The Bertz CT molecular complexity index is 731. The molecule has 0 unspecified atom stereocenters. The second kappa shape index (κ2) is 11.1. The van der Waals surface area contributed by atoms with Gasteiger partial charge in [0.2, 0.25) is 11.8 Å². The third-order valence-corrected chi connectivity index (χ3v) is 4.49. The standard InChI is InChI=1S/C19H22FN3O2.2ClH/c20-15-4-6-16(7-5-15)25-19-10-13(8-9-22-19)12-23-18(24)11-14-2-1-3-17(14)21;;/h4-10,14,17H,1-3,11-12,21H2,(H,23,24);2*1H/t14-,17+;;/m0../s1. The molecule has 0 spiro atoms. The lowest BCUT2D eigenvalue weighted by atomic mass is 10.00. The first-order chi connectivity index (χ1) is 12.1. The van der Waals surface area contributed by atoms with Crippen LogP contribution in [0.3, 0.4) is 0 Å². The number of benzene rings is 1. The highest BCUT2D eigenvalue weighted by molar-refractivity contribution is 5.85. The molecule has 1 heterocycles. The summed E-state index contributed by atoms with van der Waals surface area (Å²) in [5.74, 6) is 0.884. The molecule has 1 amide bonds. The molecule has 8 heteroatoms. The van der Waals surface area contributed by atoms with Crippen LogP contribution in [-0.4, -0.2) is 16.9 Å². The summed E-state index contributed by atoms with van der Waals surface area (Å²) in [5, 5.41) is 2.92. The fourth-order valence-electron chi connectivity index (χ4n) is 3.07. The van der Waals surface area contributed by atoms with Crippen molar-refractivity contribution in [1.29, 1.82) is 0 Å². The van der Waals surface area contributed by atoms with Crippen molar-refractivity contribution in [3.05, 3.63) is 54.0 Å². The van der Waals surface area contributed by atoms with Crippen LogP contribution >= 0.6 is 24.8 Å². The van der Waals surface area contributed by atoms with Gasteiger partial charge in [0.05, 0.1) is 0 Å². The lowest BCUT2D eigenvalue weighted by Gasteiger charge is -2.14. The number of nitrogens with two attached hydrogens (primary N) is 1. The van der Waals surface area contributed by atoms with Gasteiger partial charge in [-0.25, -0.2) is 9.37 Å². The highest BCUT2D eigenvalue weighted by atomic mass is 35.5. The summed E-state index contributed by atoms with van der Waals surface area (Å²) in [7, 11) is 0. The Kier molecular flexibility index (Phi) is 9.49. The minimum atomic E-state index is -0.321. The summed E-state index contributed by atoms with van der Waals surface area (Å²) in [6, 6.07) is 9.44. The number of carbonyl (C=O) groups is 1. The van der Waals surface area contributed by atoms with Gasteiger partial charge in [0.15, 0.2) is 0 Å². The van der Waals surface area contributed by atoms with Crippen LogP contribution < -0.4 is 15.8 Å². The monoisotopic (exact) mass is 415 g/mol. The first-order valence-corrected chi connectivity index (χ1v) is 8.51. The van der Waals surface area contributed by atoms with E-state index < -0.39 is 0 Å². The van der Waals surface area contributed by atoms with E-state index in [2.05, 4.69) is 10.3 Å². The minimum absolute atomic E-state index is 0. The molecule has 0 bridgehead atoms. The van der Waals surface area contributed by atoms with Crippen molar-refractivity contribution in [3.63, 3.8) is 0 Å². The molecule has 0 saturated heterocycles. The highest BCUT2D eigenvalue weighted by Gasteiger charge is 2.25. The lowest BCUT2D eigenvalue weighted by Crippen LogP contribution is -2.31. The molecule has 5 nitrogen and oxygen atoms in total. The second-order valence-electron chi connectivity index (χ2n) is 6.39. The highest BCUT2D eigenvalue weighted by Crippen LogP contribution is 2.26. The molecule has 3 N–H and O–H groups in total. The van der Waals surface area contributed by atoms with Crippen LogP contribution in [-0.2, 0) is 11.3 Å². The van der Waals surface area contributed by atoms with Gasteiger partial charge < -0.3 is 15.8 Å². The van der Waals surface area contributed by atoms with Gasteiger partial charge in [-0.2, -0.15) is 0 Å². The molecule has 3 rings (SSSR count). The average molecular weight is 416 g/mol. The summed E-state index contributed by atoms with van der Waals surface area (Å²) in [6.07, 6.45) is 5.23. The molecule has 1 aliphatic carbocycles. The molecule has 1 aromatic carbocycles. The number of aromatic nitrogens is 1. The number of ether oxygens (including phenoxy) is 1.